The summed E-state index contributed by atoms with van der Waals surface area (Å²) < 4.78 is 28.1. The SMILES string of the molecule is CC(C)CNS(=O)(=O)N(C(=O)O)C1CCc2c1ccc1ccncc21. The molecular formula is C17H21N3O4S. The van der Waals surface area contributed by atoms with Gasteiger partial charge < -0.3 is 5.11 Å². The van der Waals surface area contributed by atoms with Crippen LogP contribution >= 0.6 is 0 Å². The van der Waals surface area contributed by atoms with Crippen LogP contribution in [0.2, 0.25) is 0 Å². The molecule has 1 heterocycles. The van der Waals surface area contributed by atoms with E-state index in [1.807, 2.05) is 32.0 Å². The zero-order valence-electron chi connectivity index (χ0n) is 14.1. The maximum Gasteiger partial charge on any atom is 0.422 e. The Balaban J connectivity index is 2.01. The second-order valence-corrected chi connectivity index (χ2v) is 8.24. The first-order valence-electron chi connectivity index (χ1n) is 8.18. The van der Waals surface area contributed by atoms with Gasteiger partial charge in [-0.1, -0.05) is 26.0 Å². The number of carboxylic acid groups (broad SMARTS) is 1. The molecule has 1 amide bonds. The average Bonchev–Trinajstić information content (AvgIpc) is 2.97. The van der Waals surface area contributed by atoms with Gasteiger partial charge >= 0.3 is 16.3 Å². The molecule has 1 aromatic carbocycles. The third-order valence-electron chi connectivity index (χ3n) is 4.40. The predicted octanol–water partition coefficient (Wildman–Crippen LogP) is 2.69. The number of carbonyl (C=O) groups is 1. The summed E-state index contributed by atoms with van der Waals surface area (Å²) >= 11 is 0. The molecule has 7 nitrogen and oxygen atoms in total. The topological polar surface area (TPSA) is 99.6 Å². The van der Waals surface area contributed by atoms with Crippen LogP contribution in [0.1, 0.15) is 37.4 Å². The summed E-state index contributed by atoms with van der Waals surface area (Å²) in [7, 11) is -4.13. The van der Waals surface area contributed by atoms with Crippen LogP contribution in [-0.2, 0) is 16.6 Å². The first-order chi connectivity index (χ1) is 11.8. The summed E-state index contributed by atoms with van der Waals surface area (Å²) in [6, 6.07) is 4.87. The lowest BCUT2D eigenvalue weighted by Crippen LogP contribution is -2.46. The fourth-order valence-electron chi connectivity index (χ4n) is 3.25. The lowest BCUT2D eigenvalue weighted by atomic mass is 10.0. The first-order valence-corrected chi connectivity index (χ1v) is 9.62. The number of nitrogens with zero attached hydrogens (tertiary/aromatic N) is 2. The number of aromatic nitrogens is 1. The van der Waals surface area contributed by atoms with Crippen LogP contribution in [-0.4, -0.2) is 35.5 Å². The Labute approximate surface area is 146 Å². The molecule has 2 N–H and O–H groups in total. The van der Waals surface area contributed by atoms with Gasteiger partial charge in [0.25, 0.3) is 0 Å². The van der Waals surface area contributed by atoms with Crippen molar-refractivity contribution in [2.24, 2.45) is 5.92 Å². The van der Waals surface area contributed by atoms with Crippen molar-refractivity contribution in [3.63, 3.8) is 0 Å². The predicted molar refractivity (Wildman–Crippen MR) is 94.4 cm³/mol. The normalized spacial score (nSPS) is 17.0. The molecule has 1 aromatic heterocycles. The van der Waals surface area contributed by atoms with E-state index in [9.17, 15) is 18.3 Å². The second-order valence-electron chi connectivity index (χ2n) is 6.61. The number of pyridine rings is 1. The molecule has 0 aliphatic heterocycles. The third-order valence-corrected chi connectivity index (χ3v) is 5.86. The molecule has 1 atom stereocenters. The molecule has 134 valence electrons. The van der Waals surface area contributed by atoms with Crippen molar-refractivity contribution in [1.29, 1.82) is 0 Å². The van der Waals surface area contributed by atoms with Gasteiger partial charge in [0, 0.05) is 24.3 Å². The van der Waals surface area contributed by atoms with Crippen molar-refractivity contribution >= 4 is 27.1 Å². The summed E-state index contributed by atoms with van der Waals surface area (Å²) in [6.07, 6.45) is 3.02. The van der Waals surface area contributed by atoms with Gasteiger partial charge in [0.1, 0.15) is 0 Å². The fourth-order valence-corrected chi connectivity index (χ4v) is 4.70. The van der Waals surface area contributed by atoms with Crippen molar-refractivity contribution in [3.05, 3.63) is 41.7 Å². The summed E-state index contributed by atoms with van der Waals surface area (Å²) in [4.78, 5) is 15.9. The minimum Gasteiger partial charge on any atom is -0.464 e. The molecular weight excluding hydrogens is 342 g/mol. The van der Waals surface area contributed by atoms with Crippen molar-refractivity contribution in [2.75, 3.05) is 6.54 Å². The minimum absolute atomic E-state index is 0.0799. The van der Waals surface area contributed by atoms with Gasteiger partial charge in [0.2, 0.25) is 0 Å². The smallest absolute Gasteiger partial charge is 0.422 e. The number of hydrogen-bond donors (Lipinski definition) is 2. The van der Waals surface area contributed by atoms with Gasteiger partial charge in [0.15, 0.2) is 0 Å². The molecule has 1 aliphatic rings. The van der Waals surface area contributed by atoms with Crippen LogP contribution in [0.4, 0.5) is 4.79 Å². The summed E-state index contributed by atoms with van der Waals surface area (Å²) in [5.74, 6) is 0.0799. The standard InChI is InChI=1S/C17H21N3O4S/c1-11(2)9-19-25(23,24)20(17(21)22)16-6-5-13-14(16)4-3-12-7-8-18-10-15(12)13/h3-4,7-8,10-11,16,19H,5-6,9H2,1-2H3,(H,21,22). The number of benzene rings is 1. The number of amides is 1. The highest BCUT2D eigenvalue weighted by Gasteiger charge is 2.39. The van der Waals surface area contributed by atoms with Crippen molar-refractivity contribution in [1.82, 2.24) is 14.0 Å². The fraction of sp³-hybridized carbons (Fsp3) is 0.412. The maximum atomic E-state index is 12.6. The summed E-state index contributed by atoms with van der Waals surface area (Å²) in [5.41, 5.74) is 1.71. The monoisotopic (exact) mass is 363 g/mol. The molecule has 0 saturated carbocycles. The second kappa shape index (κ2) is 6.61. The van der Waals surface area contributed by atoms with E-state index in [-0.39, 0.29) is 12.5 Å². The molecule has 25 heavy (non-hydrogen) atoms. The van der Waals surface area contributed by atoms with E-state index < -0.39 is 22.3 Å². The van der Waals surface area contributed by atoms with Gasteiger partial charge in [0.05, 0.1) is 6.04 Å². The molecule has 3 rings (SSSR count). The van der Waals surface area contributed by atoms with Crippen molar-refractivity contribution in [2.45, 2.75) is 32.7 Å². The van der Waals surface area contributed by atoms with E-state index in [0.717, 1.165) is 21.9 Å². The first kappa shape index (κ1) is 17.6. The van der Waals surface area contributed by atoms with E-state index in [4.69, 9.17) is 0 Å². The molecule has 0 bridgehead atoms. The molecule has 0 spiro atoms. The lowest BCUT2D eigenvalue weighted by Gasteiger charge is -2.26. The molecule has 2 aromatic rings. The Hall–Kier alpha value is -2.19. The van der Waals surface area contributed by atoms with E-state index in [0.29, 0.717) is 17.1 Å². The summed E-state index contributed by atoms with van der Waals surface area (Å²) in [5, 5.41) is 11.5. The van der Waals surface area contributed by atoms with Gasteiger partial charge in [-0.15, -0.1) is 0 Å². The number of rotatable bonds is 5. The summed E-state index contributed by atoms with van der Waals surface area (Å²) in [6.45, 7) is 3.91. The average molecular weight is 363 g/mol. The Morgan fingerprint density at radius 1 is 1.40 bits per heavy atom. The Morgan fingerprint density at radius 2 is 2.16 bits per heavy atom. The van der Waals surface area contributed by atoms with Crippen LogP contribution in [0, 0.1) is 5.92 Å². The Kier molecular flexibility index (Phi) is 4.66. The zero-order chi connectivity index (χ0) is 18.2. The van der Waals surface area contributed by atoms with E-state index >= 15 is 0 Å². The lowest BCUT2D eigenvalue weighted by molar-refractivity contribution is 0.160. The highest BCUT2D eigenvalue weighted by molar-refractivity contribution is 7.87. The Morgan fingerprint density at radius 3 is 2.84 bits per heavy atom. The largest absolute Gasteiger partial charge is 0.464 e. The van der Waals surface area contributed by atoms with Crippen LogP contribution in [0.5, 0.6) is 0 Å². The number of fused-ring (bicyclic) bond motifs is 3. The van der Waals surface area contributed by atoms with E-state index in [1.165, 1.54) is 0 Å². The quantitative estimate of drug-likeness (QED) is 0.851. The molecule has 0 fully saturated rings. The molecule has 1 aliphatic carbocycles. The maximum absolute atomic E-state index is 12.6. The van der Waals surface area contributed by atoms with Gasteiger partial charge in [-0.05, 0) is 41.3 Å². The number of nitrogens with one attached hydrogen (secondary N) is 1. The van der Waals surface area contributed by atoms with Gasteiger partial charge in [-0.25, -0.2) is 4.79 Å². The van der Waals surface area contributed by atoms with E-state index in [1.54, 1.807) is 12.4 Å². The van der Waals surface area contributed by atoms with Gasteiger partial charge in [-0.2, -0.15) is 17.4 Å². The van der Waals surface area contributed by atoms with Gasteiger partial charge in [-0.3, -0.25) is 4.98 Å². The minimum atomic E-state index is -4.13. The zero-order valence-corrected chi connectivity index (χ0v) is 15.0. The number of aryl methyl sites for hydroxylation is 1. The number of hydrogen-bond acceptors (Lipinski definition) is 4. The van der Waals surface area contributed by atoms with Crippen molar-refractivity contribution in [3.8, 4) is 0 Å². The molecule has 1 unspecified atom stereocenters. The van der Waals surface area contributed by atoms with Crippen LogP contribution in [0.3, 0.4) is 0 Å². The van der Waals surface area contributed by atoms with E-state index in [2.05, 4.69) is 9.71 Å². The van der Waals surface area contributed by atoms with Crippen LogP contribution in [0.15, 0.2) is 30.6 Å². The van der Waals surface area contributed by atoms with Crippen LogP contribution < -0.4 is 4.72 Å². The highest BCUT2D eigenvalue weighted by atomic mass is 32.2. The Bertz CT molecular complexity index is 911. The third kappa shape index (κ3) is 3.32. The molecule has 0 radical (unpaired) electrons. The molecule has 8 heteroatoms. The molecule has 0 saturated heterocycles. The highest BCUT2D eigenvalue weighted by Crippen LogP contribution is 2.40. The van der Waals surface area contributed by atoms with Crippen molar-refractivity contribution < 1.29 is 18.3 Å². The van der Waals surface area contributed by atoms with Crippen LogP contribution in [0.25, 0.3) is 10.8 Å².